The Kier molecular flexibility index (Phi) is 6.07. The maximum atomic E-state index is 11.5. The van der Waals surface area contributed by atoms with Crippen molar-refractivity contribution in [3.05, 3.63) is 28.5 Å². The molecule has 2 heterocycles. The molecular weight excluding hydrogens is 260 g/mol. The molecule has 1 aliphatic rings. The Morgan fingerprint density at radius 2 is 2.37 bits per heavy atom. The third-order valence-electron chi connectivity index (χ3n) is 2.98. The first kappa shape index (κ1) is 14.2. The Morgan fingerprint density at radius 1 is 1.53 bits per heavy atom. The number of piperidine rings is 1. The fourth-order valence-corrected chi connectivity index (χ4v) is 2.58. The Hall–Kier alpha value is -1.17. The normalized spacial score (nSPS) is 16.8. The Balaban J connectivity index is 1.56. The van der Waals surface area contributed by atoms with E-state index in [9.17, 15) is 4.79 Å². The minimum absolute atomic E-state index is 0.0673. The van der Waals surface area contributed by atoms with Gasteiger partial charge < -0.3 is 15.4 Å². The molecule has 4 nitrogen and oxygen atoms in total. The van der Waals surface area contributed by atoms with E-state index in [0.717, 1.165) is 30.8 Å². The maximum Gasteiger partial charge on any atom is 0.244 e. The molecule has 104 valence electrons. The average Bonchev–Trinajstić information content (AvgIpc) is 2.96. The van der Waals surface area contributed by atoms with E-state index in [1.54, 1.807) is 17.4 Å². The van der Waals surface area contributed by atoms with E-state index in [1.165, 1.54) is 0 Å². The van der Waals surface area contributed by atoms with Crippen LogP contribution in [0.3, 0.4) is 0 Å². The summed E-state index contributed by atoms with van der Waals surface area (Å²) >= 11 is 1.61. The van der Waals surface area contributed by atoms with Crippen LogP contribution in [0.5, 0.6) is 0 Å². The van der Waals surface area contributed by atoms with E-state index in [1.807, 2.05) is 23.6 Å². The van der Waals surface area contributed by atoms with Crippen LogP contribution < -0.4 is 10.6 Å². The number of thiophene rings is 1. The fraction of sp³-hybridized carbons (Fsp3) is 0.500. The summed E-state index contributed by atoms with van der Waals surface area (Å²) in [5.74, 6) is -0.0673. The van der Waals surface area contributed by atoms with Crippen LogP contribution >= 0.6 is 11.3 Å². The SMILES string of the molecule is O=C(C=Cc1cccs1)NCCOC1CCNCC1. The number of nitrogens with one attached hydrogen (secondary N) is 2. The maximum absolute atomic E-state index is 11.5. The van der Waals surface area contributed by atoms with Crippen LogP contribution in [0.4, 0.5) is 0 Å². The molecule has 1 saturated heterocycles. The quantitative estimate of drug-likeness (QED) is 0.615. The molecule has 0 aliphatic carbocycles. The number of carbonyl (C=O) groups is 1. The van der Waals surface area contributed by atoms with Crippen LogP contribution in [0, 0.1) is 0 Å². The lowest BCUT2D eigenvalue weighted by Crippen LogP contribution is -2.34. The van der Waals surface area contributed by atoms with Crippen LogP contribution in [0.15, 0.2) is 23.6 Å². The highest BCUT2D eigenvalue weighted by Crippen LogP contribution is 2.09. The van der Waals surface area contributed by atoms with Crippen LogP contribution in [0.2, 0.25) is 0 Å². The third-order valence-corrected chi connectivity index (χ3v) is 3.82. The van der Waals surface area contributed by atoms with Gasteiger partial charge in [-0.1, -0.05) is 6.07 Å². The number of carbonyl (C=O) groups excluding carboxylic acids is 1. The smallest absolute Gasteiger partial charge is 0.244 e. The molecule has 2 rings (SSSR count). The molecule has 0 atom stereocenters. The lowest BCUT2D eigenvalue weighted by Gasteiger charge is -2.22. The Bertz CT molecular complexity index is 398. The van der Waals surface area contributed by atoms with Crippen molar-refractivity contribution < 1.29 is 9.53 Å². The highest BCUT2D eigenvalue weighted by molar-refractivity contribution is 7.10. The van der Waals surface area contributed by atoms with Gasteiger partial charge >= 0.3 is 0 Å². The highest BCUT2D eigenvalue weighted by atomic mass is 32.1. The topological polar surface area (TPSA) is 50.4 Å². The monoisotopic (exact) mass is 280 g/mol. The summed E-state index contributed by atoms with van der Waals surface area (Å²) in [5, 5.41) is 8.11. The largest absolute Gasteiger partial charge is 0.376 e. The second kappa shape index (κ2) is 8.09. The van der Waals surface area contributed by atoms with E-state index in [4.69, 9.17) is 4.74 Å². The van der Waals surface area contributed by atoms with Gasteiger partial charge in [-0.25, -0.2) is 0 Å². The lowest BCUT2D eigenvalue weighted by atomic mass is 10.1. The average molecular weight is 280 g/mol. The van der Waals surface area contributed by atoms with Gasteiger partial charge in [-0.3, -0.25) is 4.79 Å². The van der Waals surface area contributed by atoms with Crippen LogP contribution in [-0.2, 0) is 9.53 Å². The molecule has 1 aromatic rings. The zero-order chi connectivity index (χ0) is 13.3. The molecule has 0 bridgehead atoms. The van der Waals surface area contributed by atoms with E-state index >= 15 is 0 Å². The predicted octanol–water partition coefficient (Wildman–Crippen LogP) is 1.65. The van der Waals surface area contributed by atoms with Crippen LogP contribution in [0.1, 0.15) is 17.7 Å². The number of hydrogen-bond acceptors (Lipinski definition) is 4. The molecule has 2 N–H and O–H groups in total. The van der Waals surface area contributed by atoms with Crippen molar-refractivity contribution in [1.82, 2.24) is 10.6 Å². The molecule has 0 aromatic carbocycles. The second-order valence-corrected chi connectivity index (χ2v) is 5.44. The third kappa shape index (κ3) is 5.55. The molecule has 1 aliphatic heterocycles. The molecule has 0 unspecified atom stereocenters. The van der Waals surface area contributed by atoms with Gasteiger partial charge in [0.15, 0.2) is 0 Å². The van der Waals surface area contributed by atoms with Gasteiger partial charge in [-0.2, -0.15) is 0 Å². The van der Waals surface area contributed by atoms with Crippen molar-refractivity contribution in [2.75, 3.05) is 26.2 Å². The van der Waals surface area contributed by atoms with Crippen molar-refractivity contribution >= 4 is 23.3 Å². The fourth-order valence-electron chi connectivity index (χ4n) is 1.96. The number of amides is 1. The number of ether oxygens (including phenoxy) is 1. The van der Waals surface area contributed by atoms with Gasteiger partial charge in [0, 0.05) is 17.5 Å². The van der Waals surface area contributed by atoms with E-state index < -0.39 is 0 Å². The van der Waals surface area contributed by atoms with Gasteiger partial charge in [0.1, 0.15) is 0 Å². The molecule has 0 saturated carbocycles. The van der Waals surface area contributed by atoms with Crippen LogP contribution in [-0.4, -0.2) is 38.3 Å². The molecule has 19 heavy (non-hydrogen) atoms. The summed E-state index contributed by atoms with van der Waals surface area (Å²) < 4.78 is 5.71. The van der Waals surface area contributed by atoms with Crippen molar-refractivity contribution in [3.8, 4) is 0 Å². The molecule has 5 heteroatoms. The van der Waals surface area contributed by atoms with Crippen molar-refractivity contribution in [2.45, 2.75) is 18.9 Å². The summed E-state index contributed by atoms with van der Waals surface area (Å²) in [4.78, 5) is 12.6. The van der Waals surface area contributed by atoms with E-state index in [-0.39, 0.29) is 5.91 Å². The summed E-state index contributed by atoms with van der Waals surface area (Å²) in [7, 11) is 0. The summed E-state index contributed by atoms with van der Waals surface area (Å²) in [6, 6.07) is 3.95. The summed E-state index contributed by atoms with van der Waals surface area (Å²) in [6.07, 6.45) is 5.86. The van der Waals surface area contributed by atoms with E-state index in [0.29, 0.717) is 19.3 Å². The molecular formula is C14H20N2O2S. The van der Waals surface area contributed by atoms with Crippen molar-refractivity contribution in [1.29, 1.82) is 0 Å². The van der Waals surface area contributed by atoms with Gasteiger partial charge in [0.05, 0.1) is 12.7 Å². The number of rotatable bonds is 6. The molecule has 1 amide bonds. The first-order valence-corrected chi connectivity index (χ1v) is 7.54. The number of hydrogen-bond donors (Lipinski definition) is 2. The standard InChI is InChI=1S/C14H20N2O2S/c17-14(4-3-13-2-1-11-19-13)16-9-10-18-12-5-7-15-8-6-12/h1-4,11-12,15H,5-10H2,(H,16,17). The van der Waals surface area contributed by atoms with Gasteiger partial charge in [-0.15, -0.1) is 11.3 Å². The second-order valence-electron chi connectivity index (χ2n) is 4.46. The minimum atomic E-state index is -0.0673. The first-order valence-electron chi connectivity index (χ1n) is 6.66. The molecule has 1 fully saturated rings. The van der Waals surface area contributed by atoms with Gasteiger partial charge in [0.25, 0.3) is 0 Å². The molecule has 0 radical (unpaired) electrons. The summed E-state index contributed by atoms with van der Waals surface area (Å²) in [5.41, 5.74) is 0. The zero-order valence-electron chi connectivity index (χ0n) is 10.9. The van der Waals surface area contributed by atoms with E-state index in [2.05, 4.69) is 10.6 Å². The van der Waals surface area contributed by atoms with Gasteiger partial charge in [0.2, 0.25) is 5.91 Å². The van der Waals surface area contributed by atoms with Crippen LogP contribution in [0.25, 0.3) is 6.08 Å². The Morgan fingerprint density at radius 3 is 3.11 bits per heavy atom. The first-order chi connectivity index (χ1) is 9.34. The molecule has 0 spiro atoms. The van der Waals surface area contributed by atoms with Crippen molar-refractivity contribution in [2.24, 2.45) is 0 Å². The minimum Gasteiger partial charge on any atom is -0.376 e. The summed E-state index contributed by atoms with van der Waals surface area (Å²) in [6.45, 7) is 3.21. The van der Waals surface area contributed by atoms with Gasteiger partial charge in [-0.05, 0) is 43.5 Å². The predicted molar refractivity (Wildman–Crippen MR) is 78.2 cm³/mol. The molecule has 1 aromatic heterocycles. The zero-order valence-corrected chi connectivity index (χ0v) is 11.7. The Labute approximate surface area is 117 Å². The van der Waals surface area contributed by atoms with Crippen molar-refractivity contribution in [3.63, 3.8) is 0 Å². The highest BCUT2D eigenvalue weighted by Gasteiger charge is 2.12. The lowest BCUT2D eigenvalue weighted by molar-refractivity contribution is -0.116.